The van der Waals surface area contributed by atoms with Crippen LogP contribution in [0.25, 0.3) is 0 Å². The maximum absolute atomic E-state index is 13.3. The largest absolute Gasteiger partial charge is 0.299 e. The SMILES string of the molecule is Cl.Cl.N#Cc1ccc(CN2CCC(CCC(=O)c3ccc4c(c3)CN(Cc3ccc(F)cc3)CCC4)CC2)cc1. The number of nitriles is 1. The first-order valence-corrected chi connectivity index (χ1v) is 13.9. The molecule has 0 aliphatic carbocycles. The van der Waals surface area contributed by atoms with E-state index in [2.05, 4.69) is 28.0 Å². The minimum atomic E-state index is -0.202. The van der Waals surface area contributed by atoms with Gasteiger partial charge in [0, 0.05) is 31.6 Å². The molecule has 4 nitrogen and oxygen atoms in total. The Hall–Kier alpha value is -2.75. The van der Waals surface area contributed by atoms with Gasteiger partial charge in [0.1, 0.15) is 5.82 Å². The second kappa shape index (κ2) is 15.3. The first-order valence-electron chi connectivity index (χ1n) is 13.9. The molecular weight excluding hydrogens is 544 g/mol. The van der Waals surface area contributed by atoms with E-state index in [1.54, 1.807) is 0 Å². The zero-order valence-corrected chi connectivity index (χ0v) is 24.5. The third-order valence-corrected chi connectivity index (χ3v) is 8.14. The number of aryl methyl sites for hydroxylation is 1. The standard InChI is InChI=1S/C33H36FN3O.2ClH/c34-32-12-7-28(8-13-32)23-37-17-1-2-29-10-11-30(20-31(29)24-37)33(38)14-9-25-15-18-36(19-16-25)22-27-5-3-26(21-35)4-6-27;;/h3-8,10-13,20,25H,1-2,9,14-19,22-24H2;2*1H. The van der Waals surface area contributed by atoms with Gasteiger partial charge in [-0.2, -0.15) is 5.26 Å². The summed E-state index contributed by atoms with van der Waals surface area (Å²) in [6, 6.07) is 23.1. The number of carbonyl (C=O) groups is 1. The number of rotatable bonds is 8. The van der Waals surface area contributed by atoms with Crippen molar-refractivity contribution in [3.8, 4) is 6.07 Å². The molecule has 0 spiro atoms. The molecule has 212 valence electrons. The lowest BCUT2D eigenvalue weighted by Gasteiger charge is -2.32. The van der Waals surface area contributed by atoms with Crippen molar-refractivity contribution in [1.29, 1.82) is 5.26 Å². The molecule has 5 rings (SSSR count). The van der Waals surface area contributed by atoms with Gasteiger partial charge in [-0.3, -0.25) is 14.6 Å². The molecule has 0 radical (unpaired) electrons. The lowest BCUT2D eigenvalue weighted by Crippen LogP contribution is -2.33. The van der Waals surface area contributed by atoms with Crippen LogP contribution in [-0.2, 0) is 26.1 Å². The third-order valence-electron chi connectivity index (χ3n) is 8.14. The number of ketones is 1. The van der Waals surface area contributed by atoms with Gasteiger partial charge in [-0.25, -0.2) is 4.39 Å². The summed E-state index contributed by atoms with van der Waals surface area (Å²) < 4.78 is 13.3. The van der Waals surface area contributed by atoms with Crippen molar-refractivity contribution >= 4 is 30.6 Å². The number of carbonyl (C=O) groups excluding carboxylic acids is 1. The summed E-state index contributed by atoms with van der Waals surface area (Å²) in [4.78, 5) is 18.0. The van der Waals surface area contributed by atoms with E-state index in [1.807, 2.05) is 42.5 Å². The van der Waals surface area contributed by atoms with Crippen LogP contribution in [0, 0.1) is 23.1 Å². The van der Waals surface area contributed by atoms with Crippen molar-refractivity contribution in [2.45, 2.75) is 58.2 Å². The van der Waals surface area contributed by atoms with Gasteiger partial charge in [0.05, 0.1) is 11.6 Å². The Balaban J connectivity index is 0.00000220. The van der Waals surface area contributed by atoms with Gasteiger partial charge in [0.15, 0.2) is 5.78 Å². The van der Waals surface area contributed by atoms with Crippen LogP contribution in [0.4, 0.5) is 4.39 Å². The monoisotopic (exact) mass is 581 g/mol. The first kappa shape index (κ1) is 31.8. The molecule has 3 aromatic carbocycles. The molecule has 0 bridgehead atoms. The lowest BCUT2D eigenvalue weighted by molar-refractivity contribution is 0.0961. The van der Waals surface area contributed by atoms with E-state index in [0.717, 1.165) is 82.5 Å². The van der Waals surface area contributed by atoms with Gasteiger partial charge in [-0.15, -0.1) is 24.8 Å². The van der Waals surface area contributed by atoms with Gasteiger partial charge in [-0.05, 0) is 110 Å². The Morgan fingerprint density at radius 2 is 1.50 bits per heavy atom. The summed E-state index contributed by atoms with van der Waals surface area (Å²) in [7, 11) is 0. The van der Waals surface area contributed by atoms with Crippen molar-refractivity contribution in [3.05, 3.63) is 106 Å². The number of nitrogens with zero attached hydrogens (tertiary/aromatic N) is 3. The highest BCUT2D eigenvalue weighted by molar-refractivity contribution is 5.96. The molecule has 0 unspecified atom stereocenters. The number of likely N-dealkylation sites (tertiary alicyclic amines) is 1. The Labute approximate surface area is 250 Å². The summed E-state index contributed by atoms with van der Waals surface area (Å²) >= 11 is 0. The topological polar surface area (TPSA) is 47.3 Å². The van der Waals surface area contributed by atoms with Crippen LogP contribution in [0.5, 0.6) is 0 Å². The van der Waals surface area contributed by atoms with Crippen molar-refractivity contribution < 1.29 is 9.18 Å². The average Bonchev–Trinajstić information content (AvgIpc) is 3.15. The number of hydrogen-bond donors (Lipinski definition) is 0. The Kier molecular flexibility index (Phi) is 12.2. The molecule has 40 heavy (non-hydrogen) atoms. The van der Waals surface area contributed by atoms with Crippen molar-refractivity contribution in [2.75, 3.05) is 19.6 Å². The fourth-order valence-corrected chi connectivity index (χ4v) is 5.84. The van der Waals surface area contributed by atoms with E-state index in [0.29, 0.717) is 17.9 Å². The number of fused-ring (bicyclic) bond motifs is 1. The number of benzene rings is 3. The Morgan fingerprint density at radius 3 is 2.17 bits per heavy atom. The third kappa shape index (κ3) is 8.62. The molecule has 0 atom stereocenters. The number of halogens is 3. The summed E-state index contributed by atoms with van der Waals surface area (Å²) in [5, 5.41) is 8.98. The molecule has 0 amide bonds. The first-order chi connectivity index (χ1) is 18.6. The fraction of sp³-hybridized carbons (Fsp3) is 0.394. The zero-order valence-electron chi connectivity index (χ0n) is 22.9. The normalized spacial score (nSPS) is 16.1. The van der Waals surface area contributed by atoms with E-state index < -0.39 is 0 Å². The van der Waals surface area contributed by atoms with Crippen LogP contribution in [0.2, 0.25) is 0 Å². The fourth-order valence-electron chi connectivity index (χ4n) is 5.84. The lowest BCUT2D eigenvalue weighted by atomic mass is 9.89. The minimum Gasteiger partial charge on any atom is -0.299 e. The van der Waals surface area contributed by atoms with E-state index >= 15 is 0 Å². The summed E-state index contributed by atoms with van der Waals surface area (Å²) in [5.74, 6) is 0.650. The average molecular weight is 583 g/mol. The van der Waals surface area contributed by atoms with Crippen LogP contribution in [0.3, 0.4) is 0 Å². The second-order valence-electron chi connectivity index (χ2n) is 10.9. The van der Waals surface area contributed by atoms with Gasteiger partial charge < -0.3 is 0 Å². The molecule has 0 N–H and O–H groups in total. The highest BCUT2D eigenvalue weighted by Crippen LogP contribution is 2.26. The molecule has 0 aromatic heterocycles. The van der Waals surface area contributed by atoms with Crippen LogP contribution < -0.4 is 0 Å². The summed E-state index contributed by atoms with van der Waals surface area (Å²) in [6.45, 7) is 5.65. The molecule has 2 heterocycles. The molecule has 1 saturated heterocycles. The molecule has 3 aromatic rings. The van der Waals surface area contributed by atoms with Crippen molar-refractivity contribution in [3.63, 3.8) is 0 Å². The van der Waals surface area contributed by atoms with Crippen LogP contribution >= 0.6 is 24.8 Å². The van der Waals surface area contributed by atoms with Crippen LogP contribution in [-0.4, -0.2) is 35.2 Å². The van der Waals surface area contributed by atoms with E-state index in [-0.39, 0.29) is 36.4 Å². The molecular formula is C33H38Cl2FN3O. The Bertz CT molecular complexity index is 1280. The van der Waals surface area contributed by atoms with Gasteiger partial charge in [0.2, 0.25) is 0 Å². The van der Waals surface area contributed by atoms with Gasteiger partial charge in [-0.1, -0.05) is 36.4 Å². The predicted octanol–water partition coefficient (Wildman–Crippen LogP) is 7.36. The van der Waals surface area contributed by atoms with E-state index in [4.69, 9.17) is 5.26 Å². The number of hydrogen-bond acceptors (Lipinski definition) is 4. The second-order valence-corrected chi connectivity index (χ2v) is 10.9. The quantitative estimate of drug-likeness (QED) is 0.261. The number of Topliss-reactive ketones (excluding diaryl/α,β-unsaturated/α-hetero) is 1. The summed E-state index contributed by atoms with van der Waals surface area (Å²) in [5.41, 5.74) is 6.51. The van der Waals surface area contributed by atoms with Crippen LogP contribution in [0.15, 0.2) is 66.7 Å². The number of piperidine rings is 1. The van der Waals surface area contributed by atoms with E-state index in [9.17, 15) is 9.18 Å². The van der Waals surface area contributed by atoms with Crippen molar-refractivity contribution in [1.82, 2.24) is 9.80 Å². The molecule has 1 fully saturated rings. The predicted molar refractivity (Wildman–Crippen MR) is 162 cm³/mol. The molecule has 2 aliphatic heterocycles. The van der Waals surface area contributed by atoms with Crippen molar-refractivity contribution in [2.24, 2.45) is 5.92 Å². The Morgan fingerprint density at radius 1 is 0.850 bits per heavy atom. The highest BCUT2D eigenvalue weighted by atomic mass is 35.5. The summed E-state index contributed by atoms with van der Waals surface area (Å²) in [6.07, 6.45) is 5.95. The maximum atomic E-state index is 13.3. The van der Waals surface area contributed by atoms with Gasteiger partial charge >= 0.3 is 0 Å². The maximum Gasteiger partial charge on any atom is 0.162 e. The molecule has 2 aliphatic rings. The minimum absolute atomic E-state index is 0. The smallest absolute Gasteiger partial charge is 0.162 e. The highest BCUT2D eigenvalue weighted by Gasteiger charge is 2.21. The van der Waals surface area contributed by atoms with E-state index in [1.165, 1.54) is 28.8 Å². The van der Waals surface area contributed by atoms with Crippen LogP contribution in [0.1, 0.15) is 70.3 Å². The van der Waals surface area contributed by atoms with Gasteiger partial charge in [0.25, 0.3) is 0 Å². The molecule has 7 heteroatoms. The zero-order chi connectivity index (χ0) is 26.3. The molecule has 0 saturated carbocycles.